The van der Waals surface area contributed by atoms with Crippen LogP contribution in [0.25, 0.3) is 0 Å². The quantitative estimate of drug-likeness (QED) is 0.869. The number of nitrogens with zero attached hydrogens (tertiary/aromatic N) is 1. The van der Waals surface area contributed by atoms with Gasteiger partial charge in [-0.25, -0.2) is 0 Å². The minimum absolute atomic E-state index is 0.715. The summed E-state index contributed by atoms with van der Waals surface area (Å²) in [6.07, 6.45) is 2.67. The molecule has 1 saturated heterocycles. The zero-order valence-corrected chi connectivity index (χ0v) is 13.4. The minimum Gasteiger partial charge on any atom is -0.496 e. The summed E-state index contributed by atoms with van der Waals surface area (Å²) in [4.78, 5) is 2.57. The number of nitrogens with one attached hydrogen (secondary N) is 1. The zero-order chi connectivity index (χ0) is 13.7. The Labute approximate surface area is 124 Å². The average molecular weight is 327 g/mol. The van der Waals surface area contributed by atoms with Crippen molar-refractivity contribution in [1.82, 2.24) is 10.2 Å². The second kappa shape index (κ2) is 7.27. The summed E-state index contributed by atoms with van der Waals surface area (Å²) in [7, 11) is 1.69. The fourth-order valence-electron chi connectivity index (χ4n) is 2.75. The van der Waals surface area contributed by atoms with Gasteiger partial charge in [0, 0.05) is 19.1 Å². The maximum absolute atomic E-state index is 5.24. The largest absolute Gasteiger partial charge is 0.496 e. The third-order valence-electron chi connectivity index (χ3n) is 3.83. The Morgan fingerprint density at radius 2 is 2.32 bits per heavy atom. The predicted octanol–water partition coefficient (Wildman–Crippen LogP) is 3.03. The highest BCUT2D eigenvalue weighted by atomic mass is 79.9. The molecule has 0 amide bonds. The molecule has 1 aliphatic heterocycles. The molecule has 1 fully saturated rings. The summed E-state index contributed by atoms with van der Waals surface area (Å²) in [6.45, 7) is 6.67. The molecule has 0 bridgehead atoms. The van der Waals surface area contributed by atoms with Crippen LogP contribution >= 0.6 is 15.9 Å². The van der Waals surface area contributed by atoms with Gasteiger partial charge in [0.25, 0.3) is 0 Å². The van der Waals surface area contributed by atoms with Crippen LogP contribution in [-0.4, -0.2) is 37.7 Å². The Balaban J connectivity index is 1.81. The summed E-state index contributed by atoms with van der Waals surface area (Å²) in [5, 5.41) is 3.57. The van der Waals surface area contributed by atoms with E-state index in [9.17, 15) is 0 Å². The van der Waals surface area contributed by atoms with Crippen LogP contribution in [0.5, 0.6) is 5.75 Å². The highest BCUT2D eigenvalue weighted by Gasteiger charge is 2.21. The maximum Gasteiger partial charge on any atom is 0.133 e. The molecule has 0 aromatic heterocycles. The summed E-state index contributed by atoms with van der Waals surface area (Å²) in [5.74, 6) is 0.886. The van der Waals surface area contributed by atoms with Gasteiger partial charge in [-0.2, -0.15) is 0 Å². The molecule has 4 heteroatoms. The molecule has 0 aliphatic carbocycles. The molecule has 106 valence electrons. The van der Waals surface area contributed by atoms with Gasteiger partial charge >= 0.3 is 0 Å². The van der Waals surface area contributed by atoms with E-state index in [2.05, 4.69) is 45.2 Å². The summed E-state index contributed by atoms with van der Waals surface area (Å²) < 4.78 is 6.26. The molecule has 2 rings (SSSR count). The van der Waals surface area contributed by atoms with E-state index in [4.69, 9.17) is 4.74 Å². The van der Waals surface area contributed by atoms with Crippen LogP contribution in [-0.2, 0) is 6.54 Å². The van der Waals surface area contributed by atoms with Gasteiger partial charge in [0.05, 0.1) is 11.6 Å². The van der Waals surface area contributed by atoms with E-state index in [-0.39, 0.29) is 0 Å². The fourth-order valence-corrected chi connectivity index (χ4v) is 3.33. The summed E-state index contributed by atoms with van der Waals surface area (Å²) in [6, 6.07) is 6.96. The van der Waals surface area contributed by atoms with Crippen molar-refractivity contribution in [2.45, 2.75) is 32.4 Å². The number of likely N-dealkylation sites (tertiary alicyclic amines) is 1. The van der Waals surface area contributed by atoms with Crippen LogP contribution in [0.3, 0.4) is 0 Å². The molecule has 1 N–H and O–H groups in total. The molecule has 1 unspecified atom stereocenters. The van der Waals surface area contributed by atoms with E-state index in [0.717, 1.165) is 23.3 Å². The van der Waals surface area contributed by atoms with Crippen LogP contribution in [0.4, 0.5) is 0 Å². The van der Waals surface area contributed by atoms with Gasteiger partial charge in [-0.05, 0) is 59.6 Å². The minimum atomic E-state index is 0.715. The average Bonchev–Trinajstić information content (AvgIpc) is 2.86. The van der Waals surface area contributed by atoms with Crippen molar-refractivity contribution in [2.24, 2.45) is 0 Å². The van der Waals surface area contributed by atoms with E-state index in [1.54, 1.807) is 7.11 Å². The lowest BCUT2D eigenvalue weighted by atomic mass is 10.2. The number of rotatable bonds is 6. The first kappa shape index (κ1) is 14.8. The number of ether oxygens (including phenoxy) is 1. The van der Waals surface area contributed by atoms with Gasteiger partial charge < -0.3 is 10.1 Å². The number of halogens is 1. The SMILES string of the molecule is CCN1CCCC1CNCc1ccc(OC)c(Br)c1. The number of hydrogen-bond donors (Lipinski definition) is 1. The molecule has 3 nitrogen and oxygen atoms in total. The smallest absolute Gasteiger partial charge is 0.133 e. The highest BCUT2D eigenvalue weighted by molar-refractivity contribution is 9.10. The van der Waals surface area contributed by atoms with Crippen molar-refractivity contribution < 1.29 is 4.74 Å². The van der Waals surface area contributed by atoms with E-state index < -0.39 is 0 Å². The molecule has 1 aliphatic rings. The van der Waals surface area contributed by atoms with Crippen molar-refractivity contribution in [3.8, 4) is 5.75 Å². The molecule has 1 aromatic rings. The van der Waals surface area contributed by atoms with E-state index in [1.165, 1.54) is 31.5 Å². The van der Waals surface area contributed by atoms with E-state index in [1.807, 2.05) is 6.07 Å². The van der Waals surface area contributed by atoms with Gasteiger partial charge in [-0.1, -0.05) is 13.0 Å². The third kappa shape index (κ3) is 3.94. The Hall–Kier alpha value is -0.580. The standard InChI is InChI=1S/C15H23BrN2O/c1-3-18-8-4-5-13(18)11-17-10-12-6-7-15(19-2)14(16)9-12/h6-7,9,13,17H,3-5,8,10-11H2,1-2H3. The molecule has 0 radical (unpaired) electrons. The van der Waals surface area contributed by atoms with Crippen molar-refractivity contribution in [3.05, 3.63) is 28.2 Å². The second-order valence-electron chi connectivity index (χ2n) is 5.02. The molecule has 1 heterocycles. The normalized spacial score (nSPS) is 19.8. The Morgan fingerprint density at radius 3 is 3.00 bits per heavy atom. The molecular weight excluding hydrogens is 304 g/mol. The lowest BCUT2D eigenvalue weighted by Gasteiger charge is -2.23. The number of benzene rings is 1. The van der Waals surface area contributed by atoms with Crippen molar-refractivity contribution in [2.75, 3.05) is 26.7 Å². The van der Waals surface area contributed by atoms with Crippen molar-refractivity contribution in [3.63, 3.8) is 0 Å². The van der Waals surface area contributed by atoms with Crippen molar-refractivity contribution >= 4 is 15.9 Å². The van der Waals surface area contributed by atoms with Crippen LogP contribution in [0.2, 0.25) is 0 Å². The Morgan fingerprint density at radius 1 is 1.47 bits per heavy atom. The molecule has 0 spiro atoms. The first-order valence-electron chi connectivity index (χ1n) is 7.01. The maximum atomic E-state index is 5.24. The number of hydrogen-bond acceptors (Lipinski definition) is 3. The highest BCUT2D eigenvalue weighted by Crippen LogP contribution is 2.25. The van der Waals surface area contributed by atoms with Crippen LogP contribution in [0.15, 0.2) is 22.7 Å². The Bertz CT molecular complexity index is 411. The van der Waals surface area contributed by atoms with Gasteiger partial charge in [0.1, 0.15) is 5.75 Å². The lowest BCUT2D eigenvalue weighted by Crippen LogP contribution is -2.37. The molecular formula is C15H23BrN2O. The van der Waals surface area contributed by atoms with Crippen LogP contribution < -0.4 is 10.1 Å². The summed E-state index contributed by atoms with van der Waals surface area (Å²) in [5.41, 5.74) is 1.29. The van der Waals surface area contributed by atoms with Crippen LogP contribution in [0, 0.1) is 0 Å². The predicted molar refractivity (Wildman–Crippen MR) is 82.7 cm³/mol. The van der Waals surface area contributed by atoms with E-state index in [0.29, 0.717) is 6.04 Å². The van der Waals surface area contributed by atoms with Gasteiger partial charge in [0.2, 0.25) is 0 Å². The number of likely N-dealkylation sites (N-methyl/N-ethyl adjacent to an activating group) is 1. The molecule has 1 aromatic carbocycles. The monoisotopic (exact) mass is 326 g/mol. The lowest BCUT2D eigenvalue weighted by molar-refractivity contribution is 0.260. The van der Waals surface area contributed by atoms with Crippen molar-refractivity contribution in [1.29, 1.82) is 0 Å². The molecule has 0 saturated carbocycles. The van der Waals surface area contributed by atoms with E-state index >= 15 is 0 Å². The van der Waals surface area contributed by atoms with Crippen LogP contribution in [0.1, 0.15) is 25.3 Å². The number of methoxy groups -OCH3 is 1. The van der Waals surface area contributed by atoms with Gasteiger partial charge in [-0.15, -0.1) is 0 Å². The van der Waals surface area contributed by atoms with Gasteiger partial charge in [0.15, 0.2) is 0 Å². The summed E-state index contributed by atoms with van der Waals surface area (Å²) >= 11 is 3.53. The molecule has 19 heavy (non-hydrogen) atoms. The third-order valence-corrected chi connectivity index (χ3v) is 4.45. The first-order valence-corrected chi connectivity index (χ1v) is 7.81. The zero-order valence-electron chi connectivity index (χ0n) is 11.8. The second-order valence-corrected chi connectivity index (χ2v) is 5.88. The first-order chi connectivity index (χ1) is 9.24. The topological polar surface area (TPSA) is 24.5 Å². The van der Waals surface area contributed by atoms with Gasteiger partial charge in [-0.3, -0.25) is 4.90 Å². The molecule has 1 atom stereocenters. The fraction of sp³-hybridized carbons (Fsp3) is 0.600. The Kier molecular flexibility index (Phi) is 5.67.